The largest absolute Gasteiger partial charge is 0.393 e. The van der Waals surface area contributed by atoms with Gasteiger partial charge in [-0.05, 0) is 53.1 Å². The first-order valence-corrected chi connectivity index (χ1v) is 5.63. The van der Waals surface area contributed by atoms with Gasteiger partial charge in [-0.2, -0.15) is 0 Å². The van der Waals surface area contributed by atoms with Crippen LogP contribution in [0.3, 0.4) is 0 Å². The number of aliphatic hydroxyl groups is 1. The SMILES string of the molecule is CC(O)CCNCCCCOC(C)C. The Kier molecular flexibility index (Phi) is 9.35. The average Bonchev–Trinajstić information content (AvgIpc) is 2.08. The summed E-state index contributed by atoms with van der Waals surface area (Å²) in [5, 5.41) is 12.3. The van der Waals surface area contributed by atoms with Gasteiger partial charge in [0.2, 0.25) is 0 Å². The molecule has 0 bridgehead atoms. The van der Waals surface area contributed by atoms with E-state index in [4.69, 9.17) is 9.84 Å². The van der Waals surface area contributed by atoms with Crippen LogP contribution < -0.4 is 5.32 Å². The highest BCUT2D eigenvalue weighted by Crippen LogP contribution is 1.93. The standard InChI is InChI=1S/C11H25NO2/c1-10(2)14-9-5-4-7-12-8-6-11(3)13/h10-13H,4-9H2,1-3H3. The second-order valence-corrected chi connectivity index (χ2v) is 4.01. The lowest BCUT2D eigenvalue weighted by atomic mass is 10.3. The van der Waals surface area contributed by atoms with Gasteiger partial charge < -0.3 is 15.2 Å². The molecule has 0 aliphatic carbocycles. The van der Waals surface area contributed by atoms with Crippen molar-refractivity contribution in [2.75, 3.05) is 19.7 Å². The summed E-state index contributed by atoms with van der Waals surface area (Å²) in [4.78, 5) is 0. The minimum absolute atomic E-state index is 0.188. The minimum Gasteiger partial charge on any atom is -0.393 e. The third-order valence-corrected chi connectivity index (χ3v) is 1.94. The molecular formula is C11H25NO2. The molecule has 0 aromatic carbocycles. The van der Waals surface area contributed by atoms with Crippen LogP contribution in [0.25, 0.3) is 0 Å². The Labute approximate surface area is 87.8 Å². The Balaban J connectivity index is 2.92. The molecule has 0 aliphatic rings. The van der Waals surface area contributed by atoms with Gasteiger partial charge in [0.05, 0.1) is 12.2 Å². The quantitative estimate of drug-likeness (QED) is 0.559. The molecule has 86 valence electrons. The van der Waals surface area contributed by atoms with Gasteiger partial charge in [0.1, 0.15) is 0 Å². The van der Waals surface area contributed by atoms with Gasteiger partial charge in [0, 0.05) is 6.61 Å². The zero-order valence-corrected chi connectivity index (χ0v) is 9.75. The van der Waals surface area contributed by atoms with Crippen LogP contribution in [0.5, 0.6) is 0 Å². The summed E-state index contributed by atoms with van der Waals surface area (Å²) < 4.78 is 5.42. The number of rotatable bonds is 9. The second-order valence-electron chi connectivity index (χ2n) is 4.01. The molecule has 0 aliphatic heterocycles. The summed E-state index contributed by atoms with van der Waals surface area (Å²) in [5.74, 6) is 0. The fourth-order valence-corrected chi connectivity index (χ4v) is 1.11. The Morgan fingerprint density at radius 1 is 1.14 bits per heavy atom. The van der Waals surface area contributed by atoms with Crippen molar-refractivity contribution in [1.82, 2.24) is 5.32 Å². The van der Waals surface area contributed by atoms with E-state index in [2.05, 4.69) is 19.2 Å². The van der Waals surface area contributed by atoms with Gasteiger partial charge in [-0.3, -0.25) is 0 Å². The number of hydrogen-bond donors (Lipinski definition) is 2. The van der Waals surface area contributed by atoms with Crippen molar-refractivity contribution in [3.05, 3.63) is 0 Å². The minimum atomic E-state index is -0.188. The van der Waals surface area contributed by atoms with E-state index in [1.165, 1.54) is 0 Å². The van der Waals surface area contributed by atoms with Crippen molar-refractivity contribution in [2.24, 2.45) is 0 Å². The number of ether oxygens (including phenoxy) is 1. The highest BCUT2D eigenvalue weighted by Gasteiger charge is 1.95. The van der Waals surface area contributed by atoms with Crippen molar-refractivity contribution in [3.8, 4) is 0 Å². The van der Waals surface area contributed by atoms with Gasteiger partial charge in [-0.15, -0.1) is 0 Å². The monoisotopic (exact) mass is 203 g/mol. The van der Waals surface area contributed by atoms with Crippen LogP contribution in [0.15, 0.2) is 0 Å². The van der Waals surface area contributed by atoms with E-state index in [1.807, 2.05) is 6.92 Å². The van der Waals surface area contributed by atoms with Gasteiger partial charge in [-0.25, -0.2) is 0 Å². The van der Waals surface area contributed by atoms with Crippen molar-refractivity contribution in [3.63, 3.8) is 0 Å². The van der Waals surface area contributed by atoms with Crippen LogP contribution in [-0.4, -0.2) is 37.0 Å². The number of nitrogens with one attached hydrogen (secondary N) is 1. The molecule has 0 aromatic rings. The first-order valence-electron chi connectivity index (χ1n) is 5.63. The predicted octanol–water partition coefficient (Wildman–Crippen LogP) is 1.55. The highest BCUT2D eigenvalue weighted by atomic mass is 16.5. The molecule has 0 fully saturated rings. The molecule has 0 rings (SSSR count). The van der Waals surface area contributed by atoms with Crippen molar-refractivity contribution in [1.29, 1.82) is 0 Å². The third-order valence-electron chi connectivity index (χ3n) is 1.94. The lowest BCUT2D eigenvalue weighted by Crippen LogP contribution is -2.20. The summed E-state index contributed by atoms with van der Waals surface area (Å²) >= 11 is 0. The molecule has 3 nitrogen and oxygen atoms in total. The maximum Gasteiger partial charge on any atom is 0.0524 e. The lowest BCUT2D eigenvalue weighted by Gasteiger charge is -2.08. The second kappa shape index (κ2) is 9.44. The average molecular weight is 203 g/mol. The number of hydrogen-bond acceptors (Lipinski definition) is 3. The van der Waals surface area contributed by atoms with Crippen LogP contribution >= 0.6 is 0 Å². The van der Waals surface area contributed by atoms with Crippen LogP contribution in [0.1, 0.15) is 40.0 Å². The van der Waals surface area contributed by atoms with Gasteiger partial charge in [0.15, 0.2) is 0 Å². The van der Waals surface area contributed by atoms with Gasteiger partial charge in [0.25, 0.3) is 0 Å². The fourth-order valence-electron chi connectivity index (χ4n) is 1.11. The van der Waals surface area contributed by atoms with Gasteiger partial charge in [-0.1, -0.05) is 0 Å². The molecule has 1 unspecified atom stereocenters. The van der Waals surface area contributed by atoms with E-state index in [0.29, 0.717) is 6.10 Å². The molecule has 0 aromatic heterocycles. The number of aliphatic hydroxyl groups excluding tert-OH is 1. The zero-order chi connectivity index (χ0) is 10.8. The van der Waals surface area contributed by atoms with Crippen LogP contribution in [-0.2, 0) is 4.74 Å². The third kappa shape index (κ3) is 11.9. The van der Waals surface area contributed by atoms with E-state index >= 15 is 0 Å². The summed E-state index contributed by atoms with van der Waals surface area (Å²) in [6, 6.07) is 0. The topological polar surface area (TPSA) is 41.5 Å². The van der Waals surface area contributed by atoms with Crippen LogP contribution in [0, 0.1) is 0 Å². The van der Waals surface area contributed by atoms with Crippen LogP contribution in [0.2, 0.25) is 0 Å². The maximum absolute atomic E-state index is 8.99. The van der Waals surface area contributed by atoms with E-state index < -0.39 is 0 Å². The first-order chi connectivity index (χ1) is 6.63. The predicted molar refractivity (Wildman–Crippen MR) is 59.5 cm³/mol. The molecule has 1 atom stereocenters. The lowest BCUT2D eigenvalue weighted by molar-refractivity contribution is 0.0760. The molecule has 14 heavy (non-hydrogen) atoms. The molecule has 3 heteroatoms. The summed E-state index contributed by atoms with van der Waals surface area (Å²) in [6.45, 7) is 8.71. The Bertz CT molecular complexity index is 102. The normalized spacial score (nSPS) is 13.5. The van der Waals surface area contributed by atoms with Crippen molar-refractivity contribution in [2.45, 2.75) is 52.2 Å². The smallest absolute Gasteiger partial charge is 0.0524 e. The van der Waals surface area contributed by atoms with Gasteiger partial charge >= 0.3 is 0 Å². The van der Waals surface area contributed by atoms with Crippen LogP contribution in [0.4, 0.5) is 0 Å². The highest BCUT2D eigenvalue weighted by molar-refractivity contribution is 4.52. The zero-order valence-electron chi connectivity index (χ0n) is 9.75. The van der Waals surface area contributed by atoms with Crippen molar-refractivity contribution < 1.29 is 9.84 Å². The molecule has 2 N–H and O–H groups in total. The molecule has 0 spiro atoms. The summed E-state index contributed by atoms with van der Waals surface area (Å²) in [5.41, 5.74) is 0. The number of unbranched alkanes of at least 4 members (excludes halogenated alkanes) is 1. The summed E-state index contributed by atoms with van der Waals surface area (Å²) in [6.07, 6.45) is 3.25. The Morgan fingerprint density at radius 3 is 2.43 bits per heavy atom. The Morgan fingerprint density at radius 2 is 1.86 bits per heavy atom. The van der Waals surface area contributed by atoms with E-state index in [1.54, 1.807) is 0 Å². The fraction of sp³-hybridized carbons (Fsp3) is 1.00. The molecule has 0 radical (unpaired) electrons. The molecule has 0 amide bonds. The summed E-state index contributed by atoms with van der Waals surface area (Å²) in [7, 11) is 0. The Hall–Kier alpha value is -0.120. The van der Waals surface area contributed by atoms with E-state index in [-0.39, 0.29) is 6.10 Å². The van der Waals surface area contributed by atoms with Crippen molar-refractivity contribution >= 4 is 0 Å². The first kappa shape index (κ1) is 13.9. The molecule has 0 heterocycles. The van der Waals surface area contributed by atoms with E-state index in [9.17, 15) is 0 Å². The molecular weight excluding hydrogens is 178 g/mol. The maximum atomic E-state index is 8.99. The van der Waals surface area contributed by atoms with E-state index in [0.717, 1.165) is 39.0 Å². The molecule has 0 saturated heterocycles. The molecule has 0 saturated carbocycles.